The Balaban J connectivity index is 2.71. The normalized spacial score (nSPS) is 18.9. The molecular formula is C8H10FNO4S. The minimum Gasteiger partial charge on any atom is -0.462 e. The fraction of sp³-hybridized carbons (Fsp3) is 0.625. The van der Waals surface area contributed by atoms with Crippen LogP contribution < -0.4 is 0 Å². The molecule has 0 radical (unpaired) electrons. The van der Waals surface area contributed by atoms with Crippen molar-refractivity contribution in [1.82, 2.24) is 4.90 Å². The highest BCUT2D eigenvalue weighted by molar-refractivity contribution is 8.13. The lowest BCUT2D eigenvalue weighted by molar-refractivity contribution is -0.159. The number of esters is 1. The third kappa shape index (κ3) is 2.68. The van der Waals surface area contributed by atoms with Gasteiger partial charge >= 0.3 is 5.97 Å². The third-order valence-electron chi connectivity index (χ3n) is 1.71. The molecule has 0 bridgehead atoms. The van der Waals surface area contributed by atoms with Crippen LogP contribution >= 0.6 is 11.8 Å². The van der Waals surface area contributed by atoms with E-state index in [0.29, 0.717) is 10.7 Å². The van der Waals surface area contributed by atoms with Gasteiger partial charge in [-0.2, -0.15) is 0 Å². The molecule has 0 saturated carbocycles. The van der Waals surface area contributed by atoms with Crippen LogP contribution in [0.25, 0.3) is 0 Å². The largest absolute Gasteiger partial charge is 0.462 e. The Morgan fingerprint density at radius 3 is 2.87 bits per heavy atom. The summed E-state index contributed by atoms with van der Waals surface area (Å²) in [5.74, 6) is -1.56. The fourth-order valence-corrected chi connectivity index (χ4v) is 1.84. The van der Waals surface area contributed by atoms with Crippen LogP contribution in [0.3, 0.4) is 0 Å². The first-order valence-corrected chi connectivity index (χ1v) is 5.36. The van der Waals surface area contributed by atoms with Crippen LogP contribution in [-0.4, -0.2) is 40.7 Å². The number of nitrogens with zero attached hydrogens (tertiary/aromatic N) is 1. The number of alkyl halides is 1. The molecule has 1 heterocycles. The molecule has 84 valence electrons. The van der Waals surface area contributed by atoms with Crippen LogP contribution in [0.1, 0.15) is 13.3 Å². The van der Waals surface area contributed by atoms with Crippen molar-refractivity contribution in [3.63, 3.8) is 0 Å². The molecule has 1 rings (SSSR count). The molecule has 1 saturated heterocycles. The van der Waals surface area contributed by atoms with E-state index in [0.717, 1.165) is 11.8 Å². The maximum atomic E-state index is 13.4. The molecule has 0 aromatic carbocycles. The van der Waals surface area contributed by atoms with Crippen LogP contribution in [0, 0.1) is 0 Å². The molecule has 0 N–H and O–H groups in total. The van der Waals surface area contributed by atoms with Crippen LogP contribution in [0.4, 0.5) is 9.18 Å². The molecule has 1 fully saturated rings. The Morgan fingerprint density at radius 1 is 1.67 bits per heavy atom. The summed E-state index contributed by atoms with van der Waals surface area (Å²) in [4.78, 5) is 33.7. The average Bonchev–Trinajstić information content (AvgIpc) is 2.17. The van der Waals surface area contributed by atoms with Crippen molar-refractivity contribution in [1.29, 1.82) is 0 Å². The van der Waals surface area contributed by atoms with Crippen LogP contribution in [-0.2, 0) is 14.3 Å². The quantitative estimate of drug-likeness (QED) is 0.538. The number of imide groups is 1. The Bertz CT molecular complexity index is 280. The van der Waals surface area contributed by atoms with E-state index in [4.69, 9.17) is 0 Å². The number of carbonyl (C=O) groups is 3. The molecule has 1 atom stereocenters. The summed E-state index contributed by atoms with van der Waals surface area (Å²) in [7, 11) is 0. The lowest BCUT2D eigenvalue weighted by atomic mass is 10.4. The summed E-state index contributed by atoms with van der Waals surface area (Å²) in [5.41, 5.74) is 0. The van der Waals surface area contributed by atoms with Crippen molar-refractivity contribution in [3.05, 3.63) is 0 Å². The first-order valence-electron chi connectivity index (χ1n) is 4.37. The van der Waals surface area contributed by atoms with E-state index in [-0.39, 0.29) is 13.0 Å². The molecule has 7 heteroatoms. The minimum atomic E-state index is -2.32. The van der Waals surface area contributed by atoms with E-state index in [1.54, 1.807) is 0 Å². The minimum absolute atomic E-state index is 0.00260. The van der Waals surface area contributed by atoms with Gasteiger partial charge < -0.3 is 4.74 Å². The van der Waals surface area contributed by atoms with E-state index in [9.17, 15) is 18.8 Å². The highest BCUT2D eigenvalue weighted by atomic mass is 32.2. The monoisotopic (exact) mass is 235 g/mol. The van der Waals surface area contributed by atoms with E-state index in [1.165, 1.54) is 6.92 Å². The Morgan fingerprint density at radius 2 is 2.33 bits per heavy atom. The van der Waals surface area contributed by atoms with Crippen LogP contribution in [0.5, 0.6) is 0 Å². The SMILES string of the molecule is CCOC(=O)C(F)N1C(=O)CCSC1=O. The number of amides is 2. The molecule has 0 aromatic heterocycles. The van der Waals surface area contributed by atoms with Gasteiger partial charge in [-0.1, -0.05) is 11.8 Å². The van der Waals surface area contributed by atoms with Crippen molar-refractivity contribution < 1.29 is 23.5 Å². The number of hydrogen-bond donors (Lipinski definition) is 0. The highest BCUT2D eigenvalue weighted by Gasteiger charge is 2.38. The van der Waals surface area contributed by atoms with E-state index < -0.39 is 23.4 Å². The van der Waals surface area contributed by atoms with Gasteiger partial charge in [0, 0.05) is 12.2 Å². The summed E-state index contributed by atoms with van der Waals surface area (Å²) in [6, 6.07) is 0. The average molecular weight is 235 g/mol. The van der Waals surface area contributed by atoms with Gasteiger partial charge in [-0.3, -0.25) is 9.59 Å². The molecular weight excluding hydrogens is 225 g/mol. The van der Waals surface area contributed by atoms with Crippen LogP contribution in [0.2, 0.25) is 0 Å². The van der Waals surface area contributed by atoms with Gasteiger partial charge in [-0.05, 0) is 6.92 Å². The van der Waals surface area contributed by atoms with Crippen molar-refractivity contribution >= 4 is 28.9 Å². The van der Waals surface area contributed by atoms with E-state index >= 15 is 0 Å². The zero-order valence-electron chi connectivity index (χ0n) is 8.07. The Kier molecular flexibility index (Phi) is 4.07. The van der Waals surface area contributed by atoms with Gasteiger partial charge in [0.05, 0.1) is 6.61 Å². The van der Waals surface area contributed by atoms with Gasteiger partial charge in [0.25, 0.3) is 11.5 Å². The molecule has 0 spiro atoms. The van der Waals surface area contributed by atoms with E-state index in [2.05, 4.69) is 4.74 Å². The number of hydrogen-bond acceptors (Lipinski definition) is 5. The topological polar surface area (TPSA) is 63.7 Å². The van der Waals surface area contributed by atoms with Gasteiger partial charge in [0.1, 0.15) is 0 Å². The molecule has 2 amide bonds. The Hall–Kier alpha value is -1.11. The molecule has 0 aliphatic carbocycles. The lowest BCUT2D eigenvalue weighted by Crippen LogP contribution is -2.47. The number of ether oxygens (including phenoxy) is 1. The van der Waals surface area contributed by atoms with Crippen molar-refractivity contribution in [3.8, 4) is 0 Å². The predicted octanol–water partition coefficient (Wildman–Crippen LogP) is 0.931. The first-order chi connectivity index (χ1) is 7.07. The summed E-state index contributed by atoms with van der Waals surface area (Å²) in [6.45, 7) is 1.52. The number of thioether (sulfide) groups is 1. The van der Waals surface area contributed by atoms with Crippen LogP contribution in [0.15, 0.2) is 0 Å². The standard InChI is InChI=1S/C8H10FNO4S/c1-2-14-7(12)6(9)10-5(11)3-4-15-8(10)13/h6H,2-4H2,1H3. The predicted molar refractivity (Wildman–Crippen MR) is 50.8 cm³/mol. The van der Waals surface area contributed by atoms with Crippen molar-refractivity contribution in [2.24, 2.45) is 0 Å². The highest BCUT2D eigenvalue weighted by Crippen LogP contribution is 2.21. The maximum Gasteiger partial charge on any atom is 0.362 e. The molecule has 5 nitrogen and oxygen atoms in total. The van der Waals surface area contributed by atoms with Gasteiger partial charge in [-0.15, -0.1) is 0 Å². The summed E-state index contributed by atoms with van der Waals surface area (Å²) < 4.78 is 17.8. The van der Waals surface area contributed by atoms with Gasteiger partial charge in [0.2, 0.25) is 5.91 Å². The maximum absolute atomic E-state index is 13.4. The number of carbonyl (C=O) groups excluding carboxylic acids is 3. The molecule has 1 unspecified atom stereocenters. The smallest absolute Gasteiger partial charge is 0.362 e. The molecule has 0 aromatic rings. The summed E-state index contributed by atoms with van der Waals surface area (Å²) >= 11 is 0.812. The summed E-state index contributed by atoms with van der Waals surface area (Å²) in [6.07, 6.45) is -2.27. The number of halogens is 1. The Labute approximate surface area is 89.9 Å². The second kappa shape index (κ2) is 5.11. The van der Waals surface area contributed by atoms with E-state index in [1.807, 2.05) is 0 Å². The van der Waals surface area contributed by atoms with Crippen molar-refractivity contribution in [2.75, 3.05) is 12.4 Å². The molecule has 1 aliphatic rings. The van der Waals surface area contributed by atoms with Gasteiger partial charge in [-0.25, -0.2) is 14.1 Å². The zero-order valence-corrected chi connectivity index (χ0v) is 8.88. The molecule has 1 aliphatic heterocycles. The molecule has 15 heavy (non-hydrogen) atoms. The summed E-state index contributed by atoms with van der Waals surface area (Å²) in [5, 5.41) is -0.744. The van der Waals surface area contributed by atoms with Gasteiger partial charge in [0.15, 0.2) is 0 Å². The van der Waals surface area contributed by atoms with Crippen molar-refractivity contribution in [2.45, 2.75) is 19.6 Å². The fourth-order valence-electron chi connectivity index (χ4n) is 1.05. The second-order valence-corrected chi connectivity index (χ2v) is 3.76. The first kappa shape index (κ1) is 12.0. The lowest BCUT2D eigenvalue weighted by Gasteiger charge is -2.25. The number of rotatable bonds is 3. The third-order valence-corrected chi connectivity index (χ3v) is 2.57. The zero-order chi connectivity index (χ0) is 11.4. The second-order valence-electron chi connectivity index (χ2n) is 2.72.